The van der Waals surface area contributed by atoms with Gasteiger partial charge in [0, 0.05) is 30.8 Å². The lowest BCUT2D eigenvalue weighted by molar-refractivity contribution is -0.125. The van der Waals surface area contributed by atoms with E-state index < -0.39 is 17.8 Å². The molecule has 4 rings (SSSR count). The summed E-state index contributed by atoms with van der Waals surface area (Å²) in [5.74, 6) is -0.842. The molecule has 0 spiro atoms. The molecule has 0 fully saturated rings. The number of thiophene rings is 1. The van der Waals surface area contributed by atoms with Gasteiger partial charge >= 0.3 is 0 Å². The molecular formula is C18H14ClFN4O2S2. The molecule has 2 aromatic heterocycles. The van der Waals surface area contributed by atoms with Crippen molar-refractivity contribution >= 4 is 52.0 Å². The number of hydrogen-bond donors (Lipinski definition) is 1. The molecule has 6 nitrogen and oxygen atoms in total. The van der Waals surface area contributed by atoms with Crippen LogP contribution in [0.4, 0.5) is 10.1 Å². The smallest absolute Gasteiger partial charge is 0.268 e. The number of carbonyl (C=O) groups excluding carboxylic acids is 1. The lowest BCUT2D eigenvalue weighted by Crippen LogP contribution is -2.28. The first-order valence-electron chi connectivity index (χ1n) is 8.23. The number of carbonyl (C=O) groups is 1. The number of rotatable bonds is 5. The lowest BCUT2D eigenvalue weighted by Gasteiger charge is -2.13. The van der Waals surface area contributed by atoms with Gasteiger partial charge in [0.15, 0.2) is 5.16 Å². The Hall–Kier alpha value is -2.36. The third-order valence-corrected chi connectivity index (χ3v) is 6.43. The Morgan fingerprint density at radius 3 is 3.00 bits per heavy atom. The van der Waals surface area contributed by atoms with Crippen LogP contribution in [0.5, 0.6) is 0 Å². The molecule has 3 heterocycles. The van der Waals surface area contributed by atoms with Gasteiger partial charge in [-0.15, -0.1) is 11.3 Å². The molecule has 1 amide bonds. The second-order valence-electron chi connectivity index (χ2n) is 5.99. The molecule has 1 atom stereocenters. The van der Waals surface area contributed by atoms with Gasteiger partial charge in [-0.1, -0.05) is 16.8 Å². The van der Waals surface area contributed by atoms with Gasteiger partial charge in [-0.05, 0) is 42.1 Å². The summed E-state index contributed by atoms with van der Waals surface area (Å²) in [6.07, 6.45) is 3.02. The van der Waals surface area contributed by atoms with Crippen LogP contribution in [0.15, 0.2) is 57.9 Å². The predicted octanol–water partition coefficient (Wildman–Crippen LogP) is 4.56. The summed E-state index contributed by atoms with van der Waals surface area (Å²) in [5, 5.41) is 7.46. The highest BCUT2D eigenvalue weighted by molar-refractivity contribution is 7.99. The Balaban J connectivity index is 1.47. The molecule has 1 N–H and O–H groups in total. The van der Waals surface area contributed by atoms with Crippen molar-refractivity contribution in [3.8, 4) is 0 Å². The zero-order valence-electron chi connectivity index (χ0n) is 14.6. The molecule has 28 heavy (non-hydrogen) atoms. The fourth-order valence-corrected chi connectivity index (χ4v) is 4.49. The Kier molecular flexibility index (Phi) is 5.38. The topological polar surface area (TPSA) is 68.5 Å². The fraction of sp³-hybridized carbons (Fsp3) is 0.167. The van der Waals surface area contributed by atoms with Crippen LogP contribution in [0.1, 0.15) is 11.3 Å². The van der Waals surface area contributed by atoms with Crippen LogP contribution in [-0.4, -0.2) is 27.3 Å². The molecule has 144 valence electrons. The quantitative estimate of drug-likeness (QED) is 0.636. The minimum atomic E-state index is -0.787. The number of hydrogen-bond acceptors (Lipinski definition) is 6. The number of nitrogens with zero attached hydrogens (tertiary/aromatic N) is 3. The van der Waals surface area contributed by atoms with Crippen molar-refractivity contribution in [2.75, 3.05) is 5.32 Å². The van der Waals surface area contributed by atoms with Crippen molar-refractivity contribution in [2.24, 2.45) is 12.2 Å². The number of amides is 1. The highest BCUT2D eigenvalue weighted by atomic mass is 35.5. The maximum absolute atomic E-state index is 13.8. The molecule has 0 saturated carbocycles. The van der Waals surface area contributed by atoms with Crippen LogP contribution in [0, 0.1) is 5.82 Å². The normalized spacial score (nSPS) is 16.0. The van der Waals surface area contributed by atoms with Crippen molar-refractivity contribution in [1.82, 2.24) is 9.55 Å². The SMILES string of the molecule is Cn1ccnc1Sc1ccc(F)cc1NC(=O)C1CC(c2ccc(Cl)s2)=NO1. The minimum absolute atomic E-state index is 0.319. The molecular weight excluding hydrogens is 423 g/mol. The molecule has 3 aromatic rings. The van der Waals surface area contributed by atoms with E-state index in [1.54, 1.807) is 18.3 Å². The van der Waals surface area contributed by atoms with Crippen molar-refractivity contribution in [3.63, 3.8) is 0 Å². The van der Waals surface area contributed by atoms with Gasteiger partial charge in [-0.2, -0.15) is 0 Å². The van der Waals surface area contributed by atoms with Crippen LogP contribution < -0.4 is 5.32 Å². The molecule has 10 heteroatoms. The van der Waals surface area contributed by atoms with E-state index in [1.165, 1.54) is 35.2 Å². The first-order valence-corrected chi connectivity index (χ1v) is 10.2. The molecule has 1 aromatic carbocycles. The molecule has 0 saturated heterocycles. The molecule has 0 radical (unpaired) electrons. The van der Waals surface area contributed by atoms with E-state index in [-0.39, 0.29) is 0 Å². The Morgan fingerprint density at radius 1 is 1.43 bits per heavy atom. The van der Waals surface area contributed by atoms with Gasteiger partial charge in [0.1, 0.15) is 11.5 Å². The van der Waals surface area contributed by atoms with Crippen molar-refractivity contribution in [1.29, 1.82) is 0 Å². The van der Waals surface area contributed by atoms with Gasteiger partial charge in [0.05, 0.1) is 14.9 Å². The zero-order chi connectivity index (χ0) is 19.7. The summed E-state index contributed by atoms with van der Waals surface area (Å²) < 4.78 is 16.3. The number of oxime groups is 1. The molecule has 1 aliphatic rings. The standard InChI is InChI=1S/C18H14ClFN4O2S2/c1-24-7-6-21-18(24)28-14-3-2-10(20)8-11(14)22-17(25)13-9-12(23-26-13)15-4-5-16(19)27-15/h2-8,13H,9H2,1H3,(H,22,25). The second-order valence-corrected chi connectivity index (χ2v) is 8.72. The number of halogens is 2. The number of benzene rings is 1. The Morgan fingerprint density at radius 2 is 2.29 bits per heavy atom. The van der Waals surface area contributed by atoms with Gasteiger partial charge in [-0.25, -0.2) is 9.37 Å². The second kappa shape index (κ2) is 7.94. The number of aromatic nitrogens is 2. The maximum atomic E-state index is 13.8. The fourth-order valence-electron chi connectivity index (χ4n) is 2.58. The van der Waals surface area contributed by atoms with E-state index in [2.05, 4.69) is 15.5 Å². The summed E-state index contributed by atoms with van der Waals surface area (Å²) in [6.45, 7) is 0. The van der Waals surface area contributed by atoms with Gasteiger partial charge in [0.2, 0.25) is 6.10 Å². The van der Waals surface area contributed by atoms with E-state index >= 15 is 0 Å². The number of aryl methyl sites for hydroxylation is 1. The van der Waals surface area contributed by atoms with Crippen LogP contribution in [0.3, 0.4) is 0 Å². The monoisotopic (exact) mass is 436 g/mol. The highest BCUT2D eigenvalue weighted by Gasteiger charge is 2.30. The van der Waals surface area contributed by atoms with Gasteiger partial charge in [-0.3, -0.25) is 4.79 Å². The Bertz CT molecular complexity index is 1070. The van der Waals surface area contributed by atoms with Crippen molar-refractivity contribution < 1.29 is 14.0 Å². The third kappa shape index (κ3) is 4.06. The van der Waals surface area contributed by atoms with E-state index in [4.69, 9.17) is 16.4 Å². The minimum Gasteiger partial charge on any atom is -0.382 e. The lowest BCUT2D eigenvalue weighted by atomic mass is 10.1. The van der Waals surface area contributed by atoms with Gasteiger partial charge in [0.25, 0.3) is 5.91 Å². The largest absolute Gasteiger partial charge is 0.382 e. The third-order valence-electron chi connectivity index (χ3n) is 4.00. The number of nitrogens with one attached hydrogen (secondary N) is 1. The zero-order valence-corrected chi connectivity index (χ0v) is 16.9. The predicted molar refractivity (Wildman–Crippen MR) is 108 cm³/mol. The Labute approximate surface area is 173 Å². The average Bonchev–Trinajstić information content (AvgIpc) is 3.39. The average molecular weight is 437 g/mol. The highest BCUT2D eigenvalue weighted by Crippen LogP contribution is 2.33. The molecule has 1 unspecified atom stereocenters. The summed E-state index contributed by atoms with van der Waals surface area (Å²) >= 11 is 8.65. The van der Waals surface area contributed by atoms with E-state index in [0.29, 0.717) is 27.1 Å². The van der Waals surface area contributed by atoms with Crippen LogP contribution in [0.25, 0.3) is 0 Å². The van der Waals surface area contributed by atoms with Crippen molar-refractivity contribution in [3.05, 3.63) is 57.8 Å². The summed E-state index contributed by atoms with van der Waals surface area (Å²) in [5.41, 5.74) is 1.02. The first kappa shape index (κ1) is 19.0. The molecule has 1 aliphatic heterocycles. The first-order chi connectivity index (χ1) is 13.5. The number of imidazole rings is 1. The van der Waals surface area contributed by atoms with E-state index in [9.17, 15) is 9.18 Å². The summed E-state index contributed by atoms with van der Waals surface area (Å²) in [7, 11) is 1.86. The molecule has 0 bridgehead atoms. The van der Waals surface area contributed by atoms with E-state index in [1.807, 2.05) is 23.9 Å². The summed E-state index contributed by atoms with van der Waals surface area (Å²) in [6, 6.07) is 7.83. The van der Waals surface area contributed by atoms with Crippen molar-refractivity contribution in [2.45, 2.75) is 22.6 Å². The summed E-state index contributed by atoms with van der Waals surface area (Å²) in [4.78, 5) is 23.7. The van der Waals surface area contributed by atoms with Crippen LogP contribution in [-0.2, 0) is 16.7 Å². The maximum Gasteiger partial charge on any atom is 0.268 e. The van der Waals surface area contributed by atoms with Gasteiger partial charge < -0.3 is 14.7 Å². The number of anilines is 1. The van der Waals surface area contributed by atoms with Crippen LogP contribution in [0.2, 0.25) is 4.34 Å². The van der Waals surface area contributed by atoms with Crippen LogP contribution >= 0.6 is 34.7 Å². The molecule has 0 aliphatic carbocycles. The van der Waals surface area contributed by atoms with E-state index in [0.717, 1.165) is 10.0 Å².